The first-order chi connectivity index (χ1) is 13.2. The summed E-state index contributed by atoms with van der Waals surface area (Å²) < 4.78 is 0. The molecular formula is C24H25ClN2. The molecule has 0 N–H and O–H groups in total. The van der Waals surface area contributed by atoms with E-state index in [1.807, 2.05) is 6.07 Å². The topological polar surface area (TPSA) is 6.48 Å². The molecule has 1 heterocycles. The summed E-state index contributed by atoms with van der Waals surface area (Å²) in [5, 5.41) is 0.810. The number of hydrogen-bond acceptors (Lipinski definition) is 2. The Morgan fingerprint density at radius 1 is 0.741 bits per heavy atom. The fourth-order valence-electron chi connectivity index (χ4n) is 4.03. The van der Waals surface area contributed by atoms with Crippen molar-refractivity contribution in [2.75, 3.05) is 31.1 Å². The molecule has 0 atom stereocenters. The van der Waals surface area contributed by atoms with Crippen LogP contribution in [0.4, 0.5) is 5.69 Å². The summed E-state index contributed by atoms with van der Waals surface area (Å²) in [6.45, 7) is 6.24. The van der Waals surface area contributed by atoms with Gasteiger partial charge in [0.2, 0.25) is 0 Å². The molecule has 0 spiro atoms. The Hall–Kier alpha value is -2.29. The number of hydrogen-bond donors (Lipinski definition) is 0. The third-order valence-electron chi connectivity index (χ3n) is 5.42. The zero-order chi connectivity index (χ0) is 18.6. The first kappa shape index (κ1) is 18.1. The van der Waals surface area contributed by atoms with Gasteiger partial charge in [0.05, 0.1) is 6.04 Å². The van der Waals surface area contributed by atoms with E-state index in [-0.39, 0.29) is 0 Å². The summed E-state index contributed by atoms with van der Waals surface area (Å²) in [4.78, 5) is 5.06. The standard InChI is InChI=1S/C24H25ClN2/c1-19-12-13-22(25)18-23(19)26-14-16-27(17-15-26)24(20-8-4-2-5-9-20)21-10-6-3-7-11-21/h2-13,18,24H,14-17H2,1H3. The summed E-state index contributed by atoms with van der Waals surface area (Å²) in [6.07, 6.45) is 0. The van der Waals surface area contributed by atoms with Crippen LogP contribution in [0.5, 0.6) is 0 Å². The second kappa shape index (κ2) is 8.16. The normalized spacial score (nSPS) is 15.3. The second-order valence-electron chi connectivity index (χ2n) is 7.18. The molecule has 0 radical (unpaired) electrons. The Kier molecular flexibility index (Phi) is 5.47. The Bertz CT molecular complexity index is 832. The largest absolute Gasteiger partial charge is 0.369 e. The van der Waals surface area contributed by atoms with Crippen LogP contribution < -0.4 is 4.90 Å². The first-order valence-corrected chi connectivity index (χ1v) is 9.95. The quantitative estimate of drug-likeness (QED) is 0.588. The van der Waals surface area contributed by atoms with Gasteiger partial charge in [0, 0.05) is 36.9 Å². The highest BCUT2D eigenvalue weighted by molar-refractivity contribution is 6.30. The van der Waals surface area contributed by atoms with Crippen LogP contribution in [-0.2, 0) is 0 Å². The van der Waals surface area contributed by atoms with E-state index >= 15 is 0 Å². The fraction of sp³-hybridized carbons (Fsp3) is 0.250. The maximum absolute atomic E-state index is 6.24. The van der Waals surface area contributed by atoms with Gasteiger partial charge in [0.15, 0.2) is 0 Å². The average molecular weight is 377 g/mol. The van der Waals surface area contributed by atoms with Crippen LogP contribution in [0.1, 0.15) is 22.7 Å². The van der Waals surface area contributed by atoms with Crippen molar-refractivity contribution in [2.24, 2.45) is 0 Å². The highest BCUT2D eigenvalue weighted by Gasteiger charge is 2.26. The zero-order valence-corrected chi connectivity index (χ0v) is 16.4. The lowest BCUT2D eigenvalue weighted by atomic mass is 9.96. The lowest BCUT2D eigenvalue weighted by molar-refractivity contribution is 0.212. The van der Waals surface area contributed by atoms with Crippen LogP contribution in [0, 0.1) is 6.92 Å². The summed E-state index contributed by atoms with van der Waals surface area (Å²) >= 11 is 6.24. The van der Waals surface area contributed by atoms with E-state index in [0.717, 1.165) is 31.2 Å². The van der Waals surface area contributed by atoms with Gasteiger partial charge < -0.3 is 4.90 Å². The summed E-state index contributed by atoms with van der Waals surface area (Å²) in [5.41, 5.74) is 5.26. The number of nitrogens with zero attached hydrogens (tertiary/aromatic N) is 2. The number of benzene rings is 3. The number of halogens is 1. The Balaban J connectivity index is 1.56. The first-order valence-electron chi connectivity index (χ1n) is 9.57. The second-order valence-corrected chi connectivity index (χ2v) is 7.61. The van der Waals surface area contributed by atoms with Gasteiger partial charge in [-0.05, 0) is 35.7 Å². The zero-order valence-electron chi connectivity index (χ0n) is 15.7. The minimum absolute atomic E-state index is 0.301. The molecule has 0 amide bonds. The number of piperazine rings is 1. The van der Waals surface area contributed by atoms with Crippen molar-refractivity contribution in [1.29, 1.82) is 0 Å². The molecule has 0 unspecified atom stereocenters. The highest BCUT2D eigenvalue weighted by Crippen LogP contribution is 2.31. The van der Waals surface area contributed by atoms with Gasteiger partial charge in [-0.3, -0.25) is 4.90 Å². The minimum Gasteiger partial charge on any atom is -0.369 e. The molecule has 138 valence electrons. The molecule has 1 aliphatic rings. The highest BCUT2D eigenvalue weighted by atomic mass is 35.5. The monoisotopic (exact) mass is 376 g/mol. The predicted molar refractivity (Wildman–Crippen MR) is 115 cm³/mol. The van der Waals surface area contributed by atoms with E-state index in [0.29, 0.717) is 6.04 Å². The van der Waals surface area contributed by atoms with Gasteiger partial charge in [-0.25, -0.2) is 0 Å². The molecule has 4 rings (SSSR count). The molecule has 3 aromatic rings. The van der Waals surface area contributed by atoms with Gasteiger partial charge in [-0.2, -0.15) is 0 Å². The van der Waals surface area contributed by atoms with E-state index in [4.69, 9.17) is 11.6 Å². The summed E-state index contributed by atoms with van der Waals surface area (Å²) in [5.74, 6) is 0. The third-order valence-corrected chi connectivity index (χ3v) is 5.66. The van der Waals surface area contributed by atoms with E-state index in [1.165, 1.54) is 22.4 Å². The van der Waals surface area contributed by atoms with Gasteiger partial charge in [0.25, 0.3) is 0 Å². The Morgan fingerprint density at radius 3 is 1.85 bits per heavy atom. The van der Waals surface area contributed by atoms with Crippen LogP contribution in [0.2, 0.25) is 5.02 Å². The Labute approximate surface area is 167 Å². The van der Waals surface area contributed by atoms with Crippen molar-refractivity contribution in [2.45, 2.75) is 13.0 Å². The van der Waals surface area contributed by atoms with Gasteiger partial charge in [0.1, 0.15) is 0 Å². The van der Waals surface area contributed by atoms with Crippen molar-refractivity contribution >= 4 is 17.3 Å². The van der Waals surface area contributed by atoms with Crippen LogP contribution >= 0.6 is 11.6 Å². The molecule has 0 bridgehead atoms. The molecule has 1 aliphatic heterocycles. The molecule has 1 saturated heterocycles. The molecule has 3 aromatic carbocycles. The molecule has 0 saturated carbocycles. The molecule has 3 heteroatoms. The van der Waals surface area contributed by atoms with Crippen LogP contribution in [0.25, 0.3) is 0 Å². The summed E-state index contributed by atoms with van der Waals surface area (Å²) in [7, 11) is 0. The van der Waals surface area contributed by atoms with Crippen LogP contribution in [0.15, 0.2) is 78.9 Å². The lowest BCUT2D eigenvalue weighted by Crippen LogP contribution is -2.48. The molecule has 1 fully saturated rings. The van der Waals surface area contributed by atoms with Crippen molar-refractivity contribution in [3.05, 3.63) is 101 Å². The van der Waals surface area contributed by atoms with E-state index in [9.17, 15) is 0 Å². The minimum atomic E-state index is 0.301. The van der Waals surface area contributed by atoms with Crippen molar-refractivity contribution in [3.8, 4) is 0 Å². The third kappa shape index (κ3) is 4.02. The van der Waals surface area contributed by atoms with Gasteiger partial charge in [-0.1, -0.05) is 78.3 Å². The van der Waals surface area contributed by atoms with Crippen LogP contribution in [0.3, 0.4) is 0 Å². The molecule has 27 heavy (non-hydrogen) atoms. The maximum Gasteiger partial charge on any atom is 0.0603 e. The SMILES string of the molecule is Cc1ccc(Cl)cc1N1CCN(C(c2ccccc2)c2ccccc2)CC1. The van der Waals surface area contributed by atoms with E-state index < -0.39 is 0 Å². The fourth-order valence-corrected chi connectivity index (χ4v) is 4.20. The number of anilines is 1. The number of rotatable bonds is 4. The van der Waals surface area contributed by atoms with Gasteiger partial charge in [-0.15, -0.1) is 0 Å². The molecular weight excluding hydrogens is 352 g/mol. The predicted octanol–water partition coefficient (Wildman–Crippen LogP) is 5.56. The molecule has 2 nitrogen and oxygen atoms in total. The Morgan fingerprint density at radius 2 is 1.30 bits per heavy atom. The lowest BCUT2D eigenvalue weighted by Gasteiger charge is -2.41. The number of aryl methyl sites for hydroxylation is 1. The van der Waals surface area contributed by atoms with E-state index in [1.54, 1.807) is 0 Å². The smallest absolute Gasteiger partial charge is 0.0603 e. The van der Waals surface area contributed by atoms with Crippen molar-refractivity contribution in [3.63, 3.8) is 0 Å². The van der Waals surface area contributed by atoms with Crippen molar-refractivity contribution < 1.29 is 0 Å². The maximum atomic E-state index is 6.24. The van der Waals surface area contributed by atoms with Gasteiger partial charge >= 0.3 is 0 Å². The average Bonchev–Trinajstić information content (AvgIpc) is 2.72. The van der Waals surface area contributed by atoms with E-state index in [2.05, 4.69) is 89.5 Å². The van der Waals surface area contributed by atoms with Crippen molar-refractivity contribution in [1.82, 2.24) is 4.90 Å². The molecule has 0 aliphatic carbocycles. The van der Waals surface area contributed by atoms with Crippen LogP contribution in [-0.4, -0.2) is 31.1 Å². The summed E-state index contributed by atoms with van der Waals surface area (Å²) in [6, 6.07) is 28.2. The molecule has 0 aromatic heterocycles.